The summed E-state index contributed by atoms with van der Waals surface area (Å²) >= 11 is 3.60. The van der Waals surface area contributed by atoms with E-state index < -0.39 is 5.60 Å². The van der Waals surface area contributed by atoms with Gasteiger partial charge >= 0.3 is 0 Å². The van der Waals surface area contributed by atoms with Crippen molar-refractivity contribution in [1.82, 2.24) is 0 Å². The fourth-order valence-corrected chi connectivity index (χ4v) is 4.20. The van der Waals surface area contributed by atoms with Crippen LogP contribution in [0.15, 0.2) is 66.7 Å². The molecule has 2 aromatic rings. The summed E-state index contributed by atoms with van der Waals surface area (Å²) in [5, 5.41) is 11.2. The molecule has 0 amide bonds. The molecule has 1 atom stereocenters. The largest absolute Gasteiger partial charge is 0.385 e. The van der Waals surface area contributed by atoms with E-state index in [1.165, 1.54) is 0 Å². The highest BCUT2D eigenvalue weighted by atomic mass is 32.2. The maximum atomic E-state index is 11.2. The molecule has 122 valence electrons. The highest BCUT2D eigenvalue weighted by molar-refractivity contribution is 8.16. The minimum atomic E-state index is -0.839. The van der Waals surface area contributed by atoms with Gasteiger partial charge in [0.25, 0.3) is 0 Å². The Hall–Kier alpha value is -1.16. The van der Waals surface area contributed by atoms with Crippen LogP contribution in [0.2, 0.25) is 0 Å². The lowest BCUT2D eigenvalue weighted by atomic mass is 9.90. The van der Waals surface area contributed by atoms with Gasteiger partial charge in [-0.15, -0.1) is 0 Å². The first-order valence-electron chi connectivity index (χ1n) is 7.71. The van der Waals surface area contributed by atoms with Crippen molar-refractivity contribution in [2.45, 2.75) is 23.0 Å². The van der Waals surface area contributed by atoms with E-state index >= 15 is 0 Å². The summed E-state index contributed by atoms with van der Waals surface area (Å²) in [6.45, 7) is 0. The molecule has 3 heteroatoms. The van der Waals surface area contributed by atoms with Gasteiger partial charge in [0.05, 0.1) is 10.2 Å². The van der Waals surface area contributed by atoms with Crippen LogP contribution in [0.4, 0.5) is 0 Å². The molecule has 1 unspecified atom stereocenters. The molecule has 1 nitrogen and oxygen atoms in total. The van der Waals surface area contributed by atoms with E-state index in [9.17, 15) is 5.11 Å². The first kappa shape index (κ1) is 18.2. The Balaban J connectivity index is 2.21. The Kier molecular flexibility index (Phi) is 7.28. The van der Waals surface area contributed by atoms with Crippen molar-refractivity contribution in [2.24, 2.45) is 0 Å². The Morgan fingerprint density at radius 2 is 1.52 bits per heavy atom. The molecule has 0 aromatic heterocycles. The Labute approximate surface area is 148 Å². The summed E-state index contributed by atoms with van der Waals surface area (Å²) in [7, 11) is 0. The van der Waals surface area contributed by atoms with Crippen LogP contribution in [0.3, 0.4) is 0 Å². The van der Waals surface area contributed by atoms with Gasteiger partial charge < -0.3 is 5.11 Å². The summed E-state index contributed by atoms with van der Waals surface area (Å²) in [4.78, 5) is 0. The second-order valence-electron chi connectivity index (χ2n) is 5.62. The standard InChI is InChI=1S/C20H24OS2/c1-22-19(23-2)16-20(21,15-18-11-7-4-8-12-18)14-13-17-9-5-3-6-10-17/h3-14,19,21H,15-16H2,1-2H3/b14-13+. The zero-order chi connectivity index (χ0) is 16.5. The van der Waals surface area contributed by atoms with Crippen molar-refractivity contribution in [3.05, 3.63) is 77.9 Å². The summed E-state index contributed by atoms with van der Waals surface area (Å²) in [5.74, 6) is 0. The lowest BCUT2D eigenvalue weighted by Crippen LogP contribution is -2.32. The third kappa shape index (κ3) is 6.09. The van der Waals surface area contributed by atoms with Gasteiger partial charge in [0.2, 0.25) is 0 Å². The number of benzene rings is 2. The SMILES string of the molecule is CSC(CC(O)(/C=C/c1ccccc1)Cc1ccccc1)SC. The third-order valence-corrected chi connectivity index (χ3v) is 6.32. The number of thioether (sulfide) groups is 2. The maximum absolute atomic E-state index is 11.2. The van der Waals surface area contributed by atoms with Crippen LogP contribution in [-0.4, -0.2) is 27.8 Å². The zero-order valence-corrected chi connectivity index (χ0v) is 15.3. The van der Waals surface area contributed by atoms with Gasteiger partial charge in [-0.3, -0.25) is 0 Å². The first-order valence-corrected chi connectivity index (χ1v) is 10.3. The third-order valence-electron chi connectivity index (χ3n) is 3.78. The van der Waals surface area contributed by atoms with Crippen LogP contribution < -0.4 is 0 Å². The molecule has 0 aliphatic rings. The Morgan fingerprint density at radius 3 is 2.09 bits per heavy atom. The molecule has 0 spiro atoms. The highest BCUT2D eigenvalue weighted by Crippen LogP contribution is 2.31. The zero-order valence-electron chi connectivity index (χ0n) is 13.7. The van der Waals surface area contributed by atoms with Gasteiger partial charge in [0.1, 0.15) is 0 Å². The molecule has 2 rings (SSSR count). The monoisotopic (exact) mass is 344 g/mol. The van der Waals surface area contributed by atoms with Crippen molar-refractivity contribution in [3.63, 3.8) is 0 Å². The molecule has 0 saturated heterocycles. The van der Waals surface area contributed by atoms with Crippen molar-refractivity contribution < 1.29 is 5.11 Å². The topological polar surface area (TPSA) is 20.2 Å². The molecule has 1 N–H and O–H groups in total. The van der Waals surface area contributed by atoms with Crippen molar-refractivity contribution >= 4 is 29.6 Å². The van der Waals surface area contributed by atoms with Gasteiger partial charge in [-0.05, 0) is 23.6 Å². The van der Waals surface area contributed by atoms with Gasteiger partial charge in [0.15, 0.2) is 0 Å². The molecule has 0 aliphatic heterocycles. The summed E-state index contributed by atoms with van der Waals surface area (Å²) < 4.78 is 0.379. The molecule has 0 saturated carbocycles. The lowest BCUT2D eigenvalue weighted by Gasteiger charge is -2.28. The molecule has 23 heavy (non-hydrogen) atoms. The second kappa shape index (κ2) is 9.21. The minimum Gasteiger partial charge on any atom is -0.385 e. The van der Waals surface area contributed by atoms with Gasteiger partial charge in [-0.2, -0.15) is 23.5 Å². The van der Waals surface area contributed by atoms with E-state index in [1.807, 2.05) is 48.6 Å². The van der Waals surface area contributed by atoms with E-state index in [0.717, 1.165) is 17.5 Å². The van der Waals surface area contributed by atoms with Crippen molar-refractivity contribution in [2.75, 3.05) is 12.5 Å². The van der Waals surface area contributed by atoms with Crippen LogP contribution in [0.25, 0.3) is 6.08 Å². The molecule has 0 bridgehead atoms. The van der Waals surface area contributed by atoms with Crippen molar-refractivity contribution in [3.8, 4) is 0 Å². The summed E-state index contributed by atoms with van der Waals surface area (Å²) in [6.07, 6.45) is 9.56. The van der Waals surface area contributed by atoms with Gasteiger partial charge in [-0.25, -0.2) is 0 Å². The normalized spacial score (nSPS) is 14.3. The number of hydrogen-bond donors (Lipinski definition) is 1. The van der Waals surface area contributed by atoms with Crippen LogP contribution in [0, 0.1) is 0 Å². The minimum absolute atomic E-state index is 0.379. The molecule has 0 fully saturated rings. The van der Waals surface area contributed by atoms with Crippen LogP contribution in [0.1, 0.15) is 17.5 Å². The smallest absolute Gasteiger partial charge is 0.0889 e. The average Bonchev–Trinajstić information content (AvgIpc) is 2.60. The second-order valence-corrected chi connectivity index (χ2v) is 7.99. The quantitative estimate of drug-likeness (QED) is 0.672. The van der Waals surface area contributed by atoms with Gasteiger partial charge in [-0.1, -0.05) is 72.8 Å². The van der Waals surface area contributed by atoms with E-state index in [1.54, 1.807) is 23.5 Å². The van der Waals surface area contributed by atoms with Crippen LogP contribution in [-0.2, 0) is 6.42 Å². The van der Waals surface area contributed by atoms with Crippen molar-refractivity contribution in [1.29, 1.82) is 0 Å². The molecule has 2 aromatic carbocycles. The van der Waals surface area contributed by atoms with Crippen LogP contribution >= 0.6 is 23.5 Å². The Bertz CT molecular complexity index is 594. The van der Waals surface area contributed by atoms with E-state index in [-0.39, 0.29) is 0 Å². The van der Waals surface area contributed by atoms with E-state index in [0.29, 0.717) is 11.0 Å². The van der Waals surface area contributed by atoms with E-state index in [2.05, 4.69) is 36.8 Å². The highest BCUT2D eigenvalue weighted by Gasteiger charge is 2.27. The molecule has 0 heterocycles. The predicted octanol–water partition coefficient (Wildman–Crippen LogP) is 5.12. The first-order chi connectivity index (χ1) is 11.1. The molecular formula is C20H24OS2. The lowest BCUT2D eigenvalue weighted by molar-refractivity contribution is 0.0875. The Morgan fingerprint density at radius 1 is 0.957 bits per heavy atom. The summed E-state index contributed by atoms with van der Waals surface area (Å²) in [6, 6.07) is 20.4. The number of rotatable bonds is 8. The predicted molar refractivity (Wildman–Crippen MR) is 106 cm³/mol. The van der Waals surface area contributed by atoms with E-state index in [4.69, 9.17) is 0 Å². The maximum Gasteiger partial charge on any atom is 0.0889 e. The van der Waals surface area contributed by atoms with Gasteiger partial charge in [0, 0.05) is 12.8 Å². The molecular weight excluding hydrogens is 320 g/mol. The molecule has 0 radical (unpaired) electrons. The number of hydrogen-bond acceptors (Lipinski definition) is 3. The average molecular weight is 345 g/mol. The molecule has 0 aliphatic carbocycles. The summed E-state index contributed by atoms with van der Waals surface area (Å²) in [5.41, 5.74) is 1.44. The fraction of sp³-hybridized carbons (Fsp3) is 0.300. The van der Waals surface area contributed by atoms with Crippen LogP contribution in [0.5, 0.6) is 0 Å². The number of aliphatic hydroxyl groups is 1. The fourth-order valence-electron chi connectivity index (χ4n) is 2.52.